The second-order valence-corrected chi connectivity index (χ2v) is 6.48. The minimum absolute atomic E-state index is 0.333. The average Bonchev–Trinajstić information content (AvgIpc) is 2.47. The number of unbranched alkanes of at least 4 members (excludes halogenated alkanes) is 10. The molecule has 0 aliphatic heterocycles. The van der Waals surface area contributed by atoms with Gasteiger partial charge in [0.15, 0.2) is 0 Å². The molecule has 22 heavy (non-hydrogen) atoms. The highest BCUT2D eigenvalue weighted by Crippen LogP contribution is 2.08. The van der Waals surface area contributed by atoms with Crippen molar-refractivity contribution in [2.45, 2.75) is 97.3 Å². The van der Waals surface area contributed by atoms with Crippen LogP contribution in [0.15, 0.2) is 0 Å². The Morgan fingerprint density at radius 3 is 1.55 bits per heavy atom. The normalized spacial score (nSPS) is 10.4. The summed E-state index contributed by atoms with van der Waals surface area (Å²) < 4.78 is 0. The van der Waals surface area contributed by atoms with E-state index in [1.54, 1.807) is 0 Å². The number of carboxylic acids is 1. The van der Waals surface area contributed by atoms with Gasteiger partial charge in [-0.2, -0.15) is 0 Å². The average molecular weight is 316 g/mol. The van der Waals surface area contributed by atoms with Crippen LogP contribution in [-0.2, 0) is 4.79 Å². The first-order valence-electron chi connectivity index (χ1n) is 9.41. The van der Waals surface area contributed by atoms with Crippen molar-refractivity contribution < 1.29 is 9.90 Å². The third kappa shape index (κ3) is 27.7. The van der Waals surface area contributed by atoms with Crippen LogP contribution in [0.5, 0.6) is 0 Å². The summed E-state index contributed by atoms with van der Waals surface area (Å²) >= 11 is 0. The molecule has 3 nitrogen and oxygen atoms in total. The van der Waals surface area contributed by atoms with Crippen LogP contribution in [0.2, 0.25) is 0 Å². The lowest BCUT2D eigenvalue weighted by Gasteiger charge is -2.08. The standard InChI is InChI=1S/C12H27N.C7H14O2/c1-4-5-6-7-8-9-10-11-12-13(2)3;1-2-3-4-5-6-7(8)9/h4-12H2,1-3H3;2-6H2,1H3,(H,8,9). The molecule has 134 valence electrons. The van der Waals surface area contributed by atoms with Gasteiger partial charge >= 0.3 is 5.97 Å². The van der Waals surface area contributed by atoms with Crippen molar-refractivity contribution in [3.05, 3.63) is 0 Å². The highest BCUT2D eigenvalue weighted by molar-refractivity contribution is 5.66. The second-order valence-electron chi connectivity index (χ2n) is 6.48. The van der Waals surface area contributed by atoms with Crippen molar-refractivity contribution in [1.29, 1.82) is 0 Å². The topological polar surface area (TPSA) is 40.5 Å². The molecule has 0 saturated heterocycles. The number of carbonyl (C=O) groups is 1. The molecule has 0 aliphatic rings. The van der Waals surface area contributed by atoms with Crippen LogP contribution in [0, 0.1) is 0 Å². The summed E-state index contributed by atoms with van der Waals surface area (Å²) in [5.74, 6) is -0.675. The number of nitrogens with zero attached hydrogens (tertiary/aromatic N) is 1. The number of carboxylic acid groups (broad SMARTS) is 1. The molecular formula is C19H41NO2. The van der Waals surface area contributed by atoms with Gasteiger partial charge in [0, 0.05) is 6.42 Å². The van der Waals surface area contributed by atoms with E-state index < -0.39 is 5.97 Å². The fraction of sp³-hybridized carbons (Fsp3) is 0.947. The molecule has 0 aromatic heterocycles. The Morgan fingerprint density at radius 1 is 0.727 bits per heavy atom. The second kappa shape index (κ2) is 20.4. The van der Waals surface area contributed by atoms with E-state index in [4.69, 9.17) is 5.11 Å². The van der Waals surface area contributed by atoms with Crippen LogP contribution >= 0.6 is 0 Å². The Hall–Kier alpha value is -0.570. The van der Waals surface area contributed by atoms with Gasteiger partial charge < -0.3 is 10.0 Å². The molecule has 1 N–H and O–H groups in total. The first kappa shape index (κ1) is 23.7. The molecule has 0 fully saturated rings. The third-order valence-electron chi connectivity index (χ3n) is 3.70. The number of aliphatic carboxylic acids is 1. The monoisotopic (exact) mass is 315 g/mol. The zero-order chi connectivity index (χ0) is 17.1. The van der Waals surface area contributed by atoms with E-state index in [1.807, 2.05) is 0 Å². The van der Waals surface area contributed by atoms with Crippen molar-refractivity contribution in [2.75, 3.05) is 20.6 Å². The molecule has 0 amide bonds. The summed E-state index contributed by atoms with van der Waals surface area (Å²) in [6.07, 6.45) is 15.9. The molecule has 0 aromatic rings. The fourth-order valence-electron chi connectivity index (χ4n) is 2.26. The maximum Gasteiger partial charge on any atom is 0.303 e. The van der Waals surface area contributed by atoms with Crippen LogP contribution in [0.1, 0.15) is 97.3 Å². The van der Waals surface area contributed by atoms with Gasteiger partial charge in [-0.15, -0.1) is 0 Å². The van der Waals surface area contributed by atoms with Crippen LogP contribution in [-0.4, -0.2) is 36.6 Å². The van der Waals surface area contributed by atoms with Crippen LogP contribution in [0.3, 0.4) is 0 Å². The predicted octanol–water partition coefficient (Wildman–Crippen LogP) is 5.73. The first-order valence-corrected chi connectivity index (χ1v) is 9.41. The van der Waals surface area contributed by atoms with Crippen molar-refractivity contribution in [1.82, 2.24) is 4.90 Å². The smallest absolute Gasteiger partial charge is 0.303 e. The van der Waals surface area contributed by atoms with Gasteiger partial charge in [0.05, 0.1) is 0 Å². The van der Waals surface area contributed by atoms with Gasteiger partial charge in [0.2, 0.25) is 0 Å². The molecular weight excluding hydrogens is 274 g/mol. The van der Waals surface area contributed by atoms with Gasteiger partial charge in [0.1, 0.15) is 0 Å². The maximum atomic E-state index is 9.96. The Morgan fingerprint density at radius 2 is 1.14 bits per heavy atom. The van der Waals surface area contributed by atoms with E-state index in [2.05, 4.69) is 32.8 Å². The zero-order valence-electron chi connectivity index (χ0n) is 15.7. The molecule has 0 bridgehead atoms. The van der Waals surface area contributed by atoms with Gasteiger partial charge in [0.25, 0.3) is 0 Å². The minimum Gasteiger partial charge on any atom is -0.481 e. The Labute approximate surface area is 139 Å². The summed E-state index contributed by atoms with van der Waals surface area (Å²) in [5.41, 5.74) is 0. The van der Waals surface area contributed by atoms with E-state index >= 15 is 0 Å². The SMILES string of the molecule is CCCCCCC(=O)O.CCCCCCCCCCN(C)C. The van der Waals surface area contributed by atoms with Gasteiger partial charge in [-0.05, 0) is 33.5 Å². The van der Waals surface area contributed by atoms with Crippen molar-refractivity contribution in [3.8, 4) is 0 Å². The lowest BCUT2D eigenvalue weighted by Crippen LogP contribution is -2.12. The molecule has 0 heterocycles. The molecule has 0 atom stereocenters. The largest absolute Gasteiger partial charge is 0.481 e. The summed E-state index contributed by atoms with van der Waals surface area (Å²) in [6, 6.07) is 0. The number of rotatable bonds is 14. The van der Waals surface area contributed by atoms with Crippen molar-refractivity contribution >= 4 is 5.97 Å². The molecule has 0 aliphatic carbocycles. The van der Waals surface area contributed by atoms with E-state index in [-0.39, 0.29) is 0 Å². The van der Waals surface area contributed by atoms with Gasteiger partial charge in [-0.1, -0.05) is 78.1 Å². The van der Waals surface area contributed by atoms with E-state index in [1.165, 1.54) is 64.3 Å². The van der Waals surface area contributed by atoms with Crippen LogP contribution < -0.4 is 0 Å². The lowest BCUT2D eigenvalue weighted by atomic mass is 10.1. The Bertz CT molecular complexity index is 217. The zero-order valence-corrected chi connectivity index (χ0v) is 15.7. The Kier molecular flexibility index (Phi) is 22.0. The third-order valence-corrected chi connectivity index (χ3v) is 3.70. The first-order chi connectivity index (χ1) is 10.5. The quantitative estimate of drug-likeness (QED) is 0.416. The summed E-state index contributed by atoms with van der Waals surface area (Å²) in [6.45, 7) is 5.65. The van der Waals surface area contributed by atoms with E-state index in [0.717, 1.165) is 19.3 Å². The molecule has 0 radical (unpaired) electrons. The van der Waals surface area contributed by atoms with Crippen molar-refractivity contribution in [3.63, 3.8) is 0 Å². The fourth-order valence-corrected chi connectivity index (χ4v) is 2.26. The lowest BCUT2D eigenvalue weighted by molar-refractivity contribution is -0.137. The predicted molar refractivity (Wildman–Crippen MR) is 97.6 cm³/mol. The van der Waals surface area contributed by atoms with Gasteiger partial charge in [-0.3, -0.25) is 4.79 Å². The summed E-state index contributed by atoms with van der Waals surface area (Å²) in [4.78, 5) is 12.2. The highest BCUT2D eigenvalue weighted by Gasteiger charge is 1.94. The van der Waals surface area contributed by atoms with Crippen LogP contribution in [0.25, 0.3) is 0 Å². The number of hydrogen-bond donors (Lipinski definition) is 1. The summed E-state index contributed by atoms with van der Waals surface area (Å²) in [5, 5.41) is 8.21. The molecule has 0 spiro atoms. The maximum absolute atomic E-state index is 9.96. The van der Waals surface area contributed by atoms with E-state index in [0.29, 0.717) is 6.42 Å². The van der Waals surface area contributed by atoms with Crippen LogP contribution in [0.4, 0.5) is 0 Å². The minimum atomic E-state index is -0.675. The molecule has 3 heteroatoms. The van der Waals surface area contributed by atoms with Gasteiger partial charge in [-0.25, -0.2) is 0 Å². The highest BCUT2D eigenvalue weighted by atomic mass is 16.4. The molecule has 0 saturated carbocycles. The van der Waals surface area contributed by atoms with E-state index in [9.17, 15) is 4.79 Å². The molecule has 0 rings (SSSR count). The molecule has 0 unspecified atom stereocenters. The number of hydrogen-bond acceptors (Lipinski definition) is 2. The van der Waals surface area contributed by atoms with Crippen molar-refractivity contribution in [2.24, 2.45) is 0 Å². The Balaban J connectivity index is 0. The summed E-state index contributed by atoms with van der Waals surface area (Å²) in [7, 11) is 4.31. The molecule has 0 aromatic carbocycles.